The lowest BCUT2D eigenvalue weighted by molar-refractivity contribution is -0.231. The third-order valence-corrected chi connectivity index (χ3v) is 3.88. The van der Waals surface area contributed by atoms with Gasteiger partial charge in [0.25, 0.3) is 0 Å². The van der Waals surface area contributed by atoms with Crippen molar-refractivity contribution in [2.75, 3.05) is 11.5 Å². The zero-order valence-electron chi connectivity index (χ0n) is 9.11. The Labute approximate surface area is 110 Å². The van der Waals surface area contributed by atoms with Crippen LogP contribution in [-0.4, -0.2) is 46.7 Å². The zero-order valence-corrected chi connectivity index (χ0v) is 10.7. The number of rotatable bonds is 7. The van der Waals surface area contributed by atoms with E-state index in [1.807, 2.05) is 0 Å². The summed E-state index contributed by atoms with van der Waals surface area (Å²) in [7, 11) is 2.30. The minimum absolute atomic E-state index is 0.137. The normalized spacial score (nSPS) is 13.4. The van der Waals surface area contributed by atoms with E-state index in [0.717, 1.165) is 21.6 Å². The van der Waals surface area contributed by atoms with Gasteiger partial charge in [-0.3, -0.25) is 4.79 Å². The highest BCUT2D eigenvalue weighted by atomic mass is 33.1. The molecule has 0 rings (SSSR count). The van der Waals surface area contributed by atoms with Crippen molar-refractivity contribution in [2.45, 2.75) is 12.1 Å². The summed E-state index contributed by atoms with van der Waals surface area (Å²) in [5, 5.41) is 8.49. The molecule has 0 spiro atoms. The number of hydrogen-bond donors (Lipinski definition) is 4. The van der Waals surface area contributed by atoms with Gasteiger partial charge < -0.3 is 22.3 Å². The summed E-state index contributed by atoms with van der Waals surface area (Å²) >= 11 is 0. The molecule has 2 atom stereocenters. The van der Waals surface area contributed by atoms with E-state index < -0.39 is 30.1 Å². The van der Waals surface area contributed by atoms with Crippen LogP contribution >= 0.6 is 21.6 Å². The summed E-state index contributed by atoms with van der Waals surface area (Å²) in [5.41, 5.74) is 15.2. The molecule has 0 bridgehead atoms. The van der Waals surface area contributed by atoms with Crippen LogP contribution in [0.3, 0.4) is 0 Å². The highest BCUT2D eigenvalue weighted by molar-refractivity contribution is 8.76. The van der Waals surface area contributed by atoms with Crippen molar-refractivity contribution < 1.29 is 29.3 Å². The smallest absolute Gasteiger partial charge is 0.447 e. The van der Waals surface area contributed by atoms with Gasteiger partial charge in [0.15, 0.2) is 0 Å². The second-order valence-electron chi connectivity index (χ2n) is 2.92. The first kappa shape index (κ1) is 16.8. The minimum Gasteiger partial charge on any atom is -0.480 e. The molecule has 0 aliphatic rings. The summed E-state index contributed by atoms with van der Waals surface area (Å²) in [5.74, 6) is -1.76. The number of amides is 1. The number of carbonyl (C=O) groups is 3. The van der Waals surface area contributed by atoms with Crippen LogP contribution in [-0.2, 0) is 19.4 Å². The molecule has 11 heteroatoms. The fourth-order valence-corrected chi connectivity index (χ4v) is 2.75. The van der Waals surface area contributed by atoms with Crippen LogP contribution in [0.1, 0.15) is 0 Å². The van der Waals surface area contributed by atoms with Crippen LogP contribution in [0.5, 0.6) is 0 Å². The summed E-state index contributed by atoms with van der Waals surface area (Å²) in [6.07, 6.45) is -1.26. The average Bonchev–Trinajstić information content (AvgIpc) is 2.30. The number of hydrogen-bond acceptors (Lipinski definition) is 9. The van der Waals surface area contributed by atoms with E-state index in [1.54, 1.807) is 0 Å². The Balaban J connectivity index is 3.69. The molecule has 0 radical (unpaired) electrons. The van der Waals surface area contributed by atoms with Gasteiger partial charge in [-0.15, -0.1) is 0 Å². The maximum Gasteiger partial charge on any atom is 0.447 e. The second-order valence-corrected chi connectivity index (χ2v) is 5.48. The van der Waals surface area contributed by atoms with Gasteiger partial charge >= 0.3 is 18.0 Å². The molecule has 1 amide bonds. The third-order valence-electron chi connectivity index (χ3n) is 1.40. The Hall–Kier alpha value is -1.17. The molecule has 0 aliphatic carbocycles. The minimum atomic E-state index is -1.26. The molecule has 0 heterocycles. The summed E-state index contributed by atoms with van der Waals surface area (Å²) in [6, 6.07) is -2.01. The first-order valence-corrected chi connectivity index (χ1v) is 6.99. The molecule has 18 heavy (non-hydrogen) atoms. The predicted octanol–water partition coefficient (Wildman–Crippen LogP) is -1.34. The first-order valence-electron chi connectivity index (χ1n) is 4.50. The van der Waals surface area contributed by atoms with Gasteiger partial charge in [0.05, 0.1) is 0 Å². The molecular formula is C7H13N3O6S2. The largest absolute Gasteiger partial charge is 0.480 e. The Bertz CT molecular complexity index is 316. The molecule has 0 aromatic heterocycles. The lowest BCUT2D eigenvalue weighted by Gasteiger charge is -2.09. The Kier molecular flexibility index (Phi) is 8.28. The monoisotopic (exact) mass is 299 g/mol. The van der Waals surface area contributed by atoms with Crippen molar-refractivity contribution in [1.29, 1.82) is 0 Å². The number of aliphatic carboxylic acids is 1. The molecule has 9 nitrogen and oxygen atoms in total. The highest BCUT2D eigenvalue weighted by Gasteiger charge is 2.18. The van der Waals surface area contributed by atoms with Crippen LogP contribution in [0.15, 0.2) is 0 Å². The standard InChI is InChI=1S/C7H13N3O6S2/c8-3(5(11)12)1-17-18-2-4(9)6(13)15-16-7(10)14/h3-4H,1-2,8-9H2,(H2,10,14)(H,11,12). The number of carboxylic acid groups (broad SMARTS) is 1. The number of carbonyl (C=O) groups excluding carboxylic acids is 2. The molecule has 7 N–H and O–H groups in total. The molecular weight excluding hydrogens is 286 g/mol. The molecule has 0 aromatic carbocycles. The van der Waals surface area contributed by atoms with E-state index in [2.05, 4.69) is 15.5 Å². The van der Waals surface area contributed by atoms with Gasteiger partial charge in [-0.1, -0.05) is 21.6 Å². The van der Waals surface area contributed by atoms with E-state index in [4.69, 9.17) is 16.6 Å². The Morgan fingerprint density at radius 2 is 1.56 bits per heavy atom. The van der Waals surface area contributed by atoms with Gasteiger partial charge in [-0.25, -0.2) is 19.4 Å². The number of carboxylic acids is 1. The first-order chi connectivity index (χ1) is 8.34. The molecule has 104 valence electrons. The average molecular weight is 299 g/mol. The van der Waals surface area contributed by atoms with Crippen molar-refractivity contribution in [1.82, 2.24) is 0 Å². The second kappa shape index (κ2) is 8.85. The Morgan fingerprint density at radius 1 is 1.06 bits per heavy atom. The molecule has 0 saturated carbocycles. The highest BCUT2D eigenvalue weighted by Crippen LogP contribution is 2.22. The molecule has 0 aromatic rings. The lowest BCUT2D eigenvalue weighted by atomic mass is 10.4. The van der Waals surface area contributed by atoms with Crippen molar-refractivity contribution >= 4 is 39.6 Å². The van der Waals surface area contributed by atoms with Crippen molar-refractivity contribution in [3.8, 4) is 0 Å². The number of primary amides is 1. The topological polar surface area (TPSA) is 168 Å². The van der Waals surface area contributed by atoms with Crippen LogP contribution < -0.4 is 17.2 Å². The van der Waals surface area contributed by atoms with Gasteiger partial charge in [0.1, 0.15) is 12.1 Å². The van der Waals surface area contributed by atoms with Crippen LogP contribution in [0.2, 0.25) is 0 Å². The van der Waals surface area contributed by atoms with Gasteiger partial charge in [0.2, 0.25) is 0 Å². The van der Waals surface area contributed by atoms with Gasteiger partial charge in [-0.05, 0) is 0 Å². The lowest BCUT2D eigenvalue weighted by Crippen LogP contribution is -2.35. The van der Waals surface area contributed by atoms with E-state index in [1.165, 1.54) is 0 Å². The maximum atomic E-state index is 11.1. The molecule has 0 fully saturated rings. The summed E-state index contributed by atoms with van der Waals surface area (Å²) < 4.78 is 0. The summed E-state index contributed by atoms with van der Waals surface area (Å²) in [6.45, 7) is 0. The predicted molar refractivity (Wildman–Crippen MR) is 65.3 cm³/mol. The molecule has 0 aliphatic heterocycles. The van der Waals surface area contributed by atoms with Crippen molar-refractivity contribution in [2.24, 2.45) is 17.2 Å². The van der Waals surface area contributed by atoms with E-state index in [9.17, 15) is 14.4 Å². The van der Waals surface area contributed by atoms with Gasteiger partial charge in [0, 0.05) is 11.5 Å². The Morgan fingerprint density at radius 3 is 2.00 bits per heavy atom. The van der Waals surface area contributed by atoms with E-state index in [0.29, 0.717) is 0 Å². The maximum absolute atomic E-state index is 11.1. The third kappa shape index (κ3) is 8.00. The van der Waals surface area contributed by atoms with Crippen LogP contribution in [0.25, 0.3) is 0 Å². The quantitative estimate of drug-likeness (QED) is 0.191. The van der Waals surface area contributed by atoms with Crippen LogP contribution in [0.4, 0.5) is 4.79 Å². The molecule has 2 unspecified atom stereocenters. The zero-order chi connectivity index (χ0) is 14.1. The van der Waals surface area contributed by atoms with Crippen molar-refractivity contribution in [3.05, 3.63) is 0 Å². The van der Waals surface area contributed by atoms with Crippen LogP contribution in [0, 0.1) is 0 Å². The fraction of sp³-hybridized carbons (Fsp3) is 0.571. The molecule has 0 saturated heterocycles. The van der Waals surface area contributed by atoms with Gasteiger partial charge in [-0.2, -0.15) is 0 Å². The van der Waals surface area contributed by atoms with E-state index in [-0.39, 0.29) is 11.5 Å². The van der Waals surface area contributed by atoms with Crippen molar-refractivity contribution in [3.63, 3.8) is 0 Å². The fourth-order valence-electron chi connectivity index (χ4n) is 0.526. The summed E-state index contributed by atoms with van der Waals surface area (Å²) in [4.78, 5) is 39.4. The SMILES string of the molecule is NC(=O)OOC(=O)C(N)CSSCC(N)C(=O)O. The van der Waals surface area contributed by atoms with E-state index >= 15 is 0 Å². The number of nitrogens with two attached hydrogens (primary N) is 3.